The summed E-state index contributed by atoms with van der Waals surface area (Å²) in [5.74, 6) is 0.804. The lowest BCUT2D eigenvalue weighted by Gasteiger charge is -2.26. The summed E-state index contributed by atoms with van der Waals surface area (Å²) in [7, 11) is 0. The summed E-state index contributed by atoms with van der Waals surface area (Å²) in [6, 6.07) is 10.9. The fourth-order valence-corrected chi connectivity index (χ4v) is 4.86. The lowest BCUT2D eigenvalue weighted by molar-refractivity contribution is -0.116. The van der Waals surface area contributed by atoms with Crippen LogP contribution in [-0.2, 0) is 35.3 Å². The molecular weight excluding hydrogens is 528 g/mol. The van der Waals surface area contributed by atoms with Gasteiger partial charge in [-0.1, -0.05) is 17.4 Å². The molecule has 0 atom stereocenters. The SMILES string of the molecule is O=C(Cc1cc(OC2CCC2)ccn1)Nc1ccc(CCCCc2nnc(NC(=O)Cc3cccnc3)s2)nn1. The van der Waals surface area contributed by atoms with Gasteiger partial charge in [-0.05, 0) is 68.4 Å². The molecule has 206 valence electrons. The predicted molar refractivity (Wildman–Crippen MR) is 150 cm³/mol. The summed E-state index contributed by atoms with van der Waals surface area (Å²) < 4.78 is 5.89. The molecule has 4 aromatic rings. The van der Waals surface area contributed by atoms with Gasteiger partial charge >= 0.3 is 0 Å². The van der Waals surface area contributed by atoms with Crippen molar-refractivity contribution in [2.75, 3.05) is 10.6 Å². The molecule has 0 saturated heterocycles. The zero-order chi connectivity index (χ0) is 27.6. The fraction of sp³-hybridized carbons (Fsp3) is 0.357. The molecule has 1 aliphatic rings. The lowest BCUT2D eigenvalue weighted by Crippen LogP contribution is -2.24. The zero-order valence-electron chi connectivity index (χ0n) is 22.0. The van der Waals surface area contributed by atoms with Gasteiger partial charge in [0.1, 0.15) is 10.8 Å². The number of rotatable bonds is 13. The highest BCUT2D eigenvalue weighted by molar-refractivity contribution is 7.15. The molecule has 0 aromatic carbocycles. The second kappa shape index (κ2) is 13.7. The van der Waals surface area contributed by atoms with E-state index in [2.05, 4.69) is 41.0 Å². The molecule has 0 radical (unpaired) electrons. The number of aromatic nitrogens is 6. The van der Waals surface area contributed by atoms with Crippen LogP contribution in [0, 0.1) is 0 Å². The van der Waals surface area contributed by atoms with E-state index in [-0.39, 0.29) is 30.8 Å². The van der Waals surface area contributed by atoms with Crippen LogP contribution in [0.25, 0.3) is 0 Å². The Morgan fingerprint density at radius 2 is 1.77 bits per heavy atom. The Bertz CT molecular complexity index is 1410. The summed E-state index contributed by atoms with van der Waals surface area (Å²) in [6.45, 7) is 0. The molecule has 2 N–H and O–H groups in total. The largest absolute Gasteiger partial charge is 0.490 e. The van der Waals surface area contributed by atoms with Crippen molar-refractivity contribution in [2.24, 2.45) is 0 Å². The van der Waals surface area contributed by atoms with Gasteiger partial charge in [0.25, 0.3) is 0 Å². The molecule has 4 aromatic heterocycles. The summed E-state index contributed by atoms with van der Waals surface area (Å²) in [5.41, 5.74) is 2.34. The molecule has 40 heavy (non-hydrogen) atoms. The van der Waals surface area contributed by atoms with Gasteiger partial charge in [-0.25, -0.2) is 0 Å². The van der Waals surface area contributed by atoms with Crippen molar-refractivity contribution < 1.29 is 14.3 Å². The van der Waals surface area contributed by atoms with Gasteiger partial charge in [0.15, 0.2) is 5.82 Å². The number of nitrogens with one attached hydrogen (secondary N) is 2. The van der Waals surface area contributed by atoms with Crippen molar-refractivity contribution in [3.63, 3.8) is 0 Å². The Morgan fingerprint density at radius 3 is 2.55 bits per heavy atom. The van der Waals surface area contributed by atoms with E-state index in [1.54, 1.807) is 30.7 Å². The van der Waals surface area contributed by atoms with Crippen LogP contribution < -0.4 is 15.4 Å². The maximum atomic E-state index is 12.5. The molecule has 4 heterocycles. The summed E-state index contributed by atoms with van der Waals surface area (Å²) in [6.07, 6.45) is 12.3. The third-order valence-corrected chi connectivity index (χ3v) is 7.24. The first-order valence-electron chi connectivity index (χ1n) is 13.3. The van der Waals surface area contributed by atoms with Crippen molar-refractivity contribution in [3.8, 4) is 5.75 Å². The lowest BCUT2D eigenvalue weighted by atomic mass is 9.96. The highest BCUT2D eigenvalue weighted by Crippen LogP contribution is 2.25. The van der Waals surface area contributed by atoms with Crippen LogP contribution in [0.2, 0.25) is 0 Å². The Morgan fingerprint density at radius 1 is 0.900 bits per heavy atom. The summed E-state index contributed by atoms with van der Waals surface area (Å²) >= 11 is 1.38. The smallest absolute Gasteiger partial charge is 0.231 e. The van der Waals surface area contributed by atoms with Crippen molar-refractivity contribution in [1.82, 2.24) is 30.4 Å². The van der Waals surface area contributed by atoms with Crippen LogP contribution in [0.15, 0.2) is 55.0 Å². The number of unbranched alkanes of at least 4 members (excludes halogenated alkanes) is 1. The van der Waals surface area contributed by atoms with Crippen LogP contribution in [0.4, 0.5) is 10.9 Å². The number of anilines is 2. The Hall–Kier alpha value is -4.32. The monoisotopic (exact) mass is 558 g/mol. The number of hydrogen-bond donors (Lipinski definition) is 2. The molecule has 0 spiro atoms. The van der Waals surface area contributed by atoms with E-state index in [0.717, 1.165) is 60.5 Å². The Balaban J connectivity index is 0.995. The molecule has 5 rings (SSSR count). The average Bonchev–Trinajstić information content (AvgIpc) is 3.37. The van der Waals surface area contributed by atoms with Crippen LogP contribution >= 0.6 is 11.3 Å². The topological polar surface area (TPSA) is 145 Å². The van der Waals surface area contributed by atoms with Crippen molar-refractivity contribution >= 4 is 34.1 Å². The first-order chi connectivity index (χ1) is 19.6. The van der Waals surface area contributed by atoms with E-state index in [0.29, 0.717) is 16.6 Å². The summed E-state index contributed by atoms with van der Waals surface area (Å²) in [4.78, 5) is 32.9. The maximum Gasteiger partial charge on any atom is 0.231 e. The highest BCUT2D eigenvalue weighted by Gasteiger charge is 2.19. The minimum Gasteiger partial charge on any atom is -0.490 e. The Kier molecular flexibility index (Phi) is 9.30. The fourth-order valence-electron chi connectivity index (χ4n) is 4.06. The second-order valence-corrected chi connectivity index (χ2v) is 10.6. The minimum absolute atomic E-state index is 0.132. The predicted octanol–water partition coefficient (Wildman–Crippen LogP) is 3.98. The molecule has 0 unspecified atom stereocenters. The van der Waals surface area contributed by atoms with E-state index in [9.17, 15) is 9.59 Å². The molecule has 0 bridgehead atoms. The van der Waals surface area contributed by atoms with Crippen LogP contribution in [0.1, 0.15) is 54.1 Å². The standard InChI is InChI=1S/C28H30N8O3S/c37-25(15-19-5-4-13-29-18-19)32-28-36-35-27(40-28)9-2-1-6-20-10-11-24(34-33-20)31-26(38)17-21-16-23(12-14-30-21)39-22-7-3-8-22/h4-5,10-14,16,18,22H,1-3,6-9,15,17H2,(H,31,34,38)(H,32,36,37). The van der Waals surface area contributed by atoms with Gasteiger partial charge in [0, 0.05) is 31.1 Å². The number of carbonyl (C=O) groups excluding carboxylic acids is 2. The maximum absolute atomic E-state index is 12.5. The molecule has 11 nitrogen and oxygen atoms in total. The second-order valence-electron chi connectivity index (χ2n) is 9.58. The van der Waals surface area contributed by atoms with Crippen LogP contribution in [0.5, 0.6) is 5.75 Å². The number of nitrogens with zero attached hydrogens (tertiary/aromatic N) is 6. The van der Waals surface area contributed by atoms with E-state index in [4.69, 9.17) is 4.74 Å². The summed E-state index contributed by atoms with van der Waals surface area (Å²) in [5, 5.41) is 23.6. The normalized spacial score (nSPS) is 12.9. The van der Waals surface area contributed by atoms with Gasteiger partial charge < -0.3 is 15.4 Å². The van der Waals surface area contributed by atoms with Gasteiger partial charge in [-0.3, -0.25) is 19.6 Å². The molecule has 0 aliphatic heterocycles. The van der Waals surface area contributed by atoms with E-state index in [1.165, 1.54) is 17.8 Å². The van der Waals surface area contributed by atoms with Crippen molar-refractivity contribution in [1.29, 1.82) is 0 Å². The van der Waals surface area contributed by atoms with Gasteiger partial charge in [0.2, 0.25) is 16.9 Å². The molecule has 1 aliphatic carbocycles. The number of pyridine rings is 2. The molecule has 2 amide bonds. The van der Waals surface area contributed by atoms with Crippen molar-refractivity contribution in [3.05, 3.63) is 76.9 Å². The number of carbonyl (C=O) groups is 2. The first-order valence-corrected chi connectivity index (χ1v) is 14.2. The number of hydrogen-bond acceptors (Lipinski definition) is 10. The number of amides is 2. The molecule has 1 fully saturated rings. The minimum atomic E-state index is -0.208. The van der Waals surface area contributed by atoms with Gasteiger partial charge in [0.05, 0.1) is 30.3 Å². The number of aryl methyl sites for hydroxylation is 2. The van der Waals surface area contributed by atoms with Gasteiger partial charge in [-0.15, -0.1) is 15.3 Å². The average molecular weight is 559 g/mol. The third-order valence-electron chi connectivity index (χ3n) is 6.35. The molecular formula is C28H30N8O3S. The van der Waals surface area contributed by atoms with Gasteiger partial charge in [-0.2, -0.15) is 5.10 Å². The first kappa shape index (κ1) is 27.3. The van der Waals surface area contributed by atoms with Crippen LogP contribution in [-0.4, -0.2) is 48.3 Å². The van der Waals surface area contributed by atoms with E-state index < -0.39 is 0 Å². The Labute approximate surface area is 235 Å². The molecule has 1 saturated carbocycles. The highest BCUT2D eigenvalue weighted by atomic mass is 32.1. The third kappa shape index (κ3) is 8.34. The molecule has 12 heteroatoms. The van der Waals surface area contributed by atoms with Crippen LogP contribution in [0.3, 0.4) is 0 Å². The number of ether oxygens (including phenoxy) is 1. The van der Waals surface area contributed by atoms with Crippen molar-refractivity contribution in [2.45, 2.75) is 63.9 Å². The quantitative estimate of drug-likeness (QED) is 0.233. The van der Waals surface area contributed by atoms with E-state index in [1.807, 2.05) is 24.3 Å². The van der Waals surface area contributed by atoms with E-state index >= 15 is 0 Å². The zero-order valence-corrected chi connectivity index (χ0v) is 22.8.